The Labute approximate surface area is 167 Å². The summed E-state index contributed by atoms with van der Waals surface area (Å²) in [6.45, 7) is 3.98. The second kappa shape index (κ2) is 8.10. The first-order valence-corrected chi connectivity index (χ1v) is 9.26. The molecular formula is C22H20N4O3. The van der Waals surface area contributed by atoms with E-state index in [9.17, 15) is 4.79 Å². The number of aryl methyl sites for hydroxylation is 2. The van der Waals surface area contributed by atoms with E-state index in [0.717, 1.165) is 16.7 Å². The van der Waals surface area contributed by atoms with Crippen molar-refractivity contribution in [2.45, 2.75) is 26.8 Å². The number of oxazole rings is 1. The number of rotatable bonds is 6. The van der Waals surface area contributed by atoms with E-state index in [1.807, 2.05) is 61.5 Å². The smallest absolute Gasteiger partial charge is 0.247 e. The van der Waals surface area contributed by atoms with Crippen LogP contribution in [0.1, 0.15) is 22.9 Å². The number of hydrogen-bond acceptors (Lipinski definition) is 6. The molecule has 7 heteroatoms. The standard InChI is InChI=1S/C22H20N4O3/c1-14-8-10-17(11-9-14)21-24-18(15(2)28-21)12-19(27)23-13-20-25-26-22(29-20)16-6-4-3-5-7-16/h3-11H,12-13H2,1-2H3,(H,23,27). The molecule has 29 heavy (non-hydrogen) atoms. The zero-order valence-corrected chi connectivity index (χ0v) is 16.2. The zero-order chi connectivity index (χ0) is 20.2. The van der Waals surface area contributed by atoms with Crippen LogP contribution in [0.4, 0.5) is 0 Å². The van der Waals surface area contributed by atoms with Crippen molar-refractivity contribution in [2.75, 3.05) is 0 Å². The van der Waals surface area contributed by atoms with Crippen molar-refractivity contribution < 1.29 is 13.6 Å². The number of carbonyl (C=O) groups excluding carboxylic acids is 1. The number of carbonyl (C=O) groups is 1. The van der Waals surface area contributed by atoms with Crippen LogP contribution >= 0.6 is 0 Å². The summed E-state index contributed by atoms with van der Waals surface area (Å²) in [5.41, 5.74) is 3.48. The van der Waals surface area contributed by atoms with Gasteiger partial charge in [0.25, 0.3) is 0 Å². The highest BCUT2D eigenvalue weighted by atomic mass is 16.4. The zero-order valence-electron chi connectivity index (χ0n) is 16.2. The minimum absolute atomic E-state index is 0.112. The molecule has 0 bridgehead atoms. The molecule has 4 rings (SSSR count). The van der Waals surface area contributed by atoms with Crippen molar-refractivity contribution in [1.82, 2.24) is 20.5 Å². The monoisotopic (exact) mass is 388 g/mol. The third-order valence-electron chi connectivity index (χ3n) is 4.44. The molecule has 0 spiro atoms. The second-order valence-electron chi connectivity index (χ2n) is 6.71. The fourth-order valence-electron chi connectivity index (χ4n) is 2.82. The topological polar surface area (TPSA) is 94.1 Å². The third-order valence-corrected chi connectivity index (χ3v) is 4.44. The first kappa shape index (κ1) is 18.6. The molecule has 146 valence electrons. The van der Waals surface area contributed by atoms with E-state index in [4.69, 9.17) is 8.83 Å². The first-order valence-electron chi connectivity index (χ1n) is 9.26. The Morgan fingerprint density at radius 2 is 1.62 bits per heavy atom. The highest BCUT2D eigenvalue weighted by Crippen LogP contribution is 2.22. The van der Waals surface area contributed by atoms with Crippen molar-refractivity contribution >= 4 is 5.91 Å². The quantitative estimate of drug-likeness (QED) is 0.539. The molecule has 0 saturated heterocycles. The van der Waals surface area contributed by atoms with Gasteiger partial charge in [-0.2, -0.15) is 0 Å². The molecule has 0 saturated carbocycles. The lowest BCUT2D eigenvalue weighted by Crippen LogP contribution is -2.25. The summed E-state index contributed by atoms with van der Waals surface area (Å²) in [7, 11) is 0. The van der Waals surface area contributed by atoms with Crippen LogP contribution in [0.3, 0.4) is 0 Å². The molecule has 0 fully saturated rings. The van der Waals surface area contributed by atoms with Crippen molar-refractivity contribution in [1.29, 1.82) is 0 Å². The summed E-state index contributed by atoms with van der Waals surface area (Å²) in [5.74, 6) is 1.70. The molecule has 7 nitrogen and oxygen atoms in total. The van der Waals surface area contributed by atoms with Crippen LogP contribution in [0.5, 0.6) is 0 Å². The molecular weight excluding hydrogens is 368 g/mol. The molecule has 0 aliphatic heterocycles. The van der Waals surface area contributed by atoms with Crippen LogP contribution < -0.4 is 5.32 Å². The SMILES string of the molecule is Cc1ccc(-c2nc(CC(=O)NCc3nnc(-c4ccccc4)o3)c(C)o2)cc1. The predicted octanol–water partition coefficient (Wildman–Crippen LogP) is 3.87. The van der Waals surface area contributed by atoms with Gasteiger partial charge in [0.05, 0.1) is 18.7 Å². The Kier molecular flexibility index (Phi) is 5.20. The minimum atomic E-state index is -0.198. The van der Waals surface area contributed by atoms with E-state index < -0.39 is 0 Å². The third kappa shape index (κ3) is 4.40. The Morgan fingerprint density at radius 1 is 0.897 bits per heavy atom. The van der Waals surface area contributed by atoms with Crippen LogP contribution in [0.25, 0.3) is 22.9 Å². The molecule has 0 atom stereocenters. The van der Waals surface area contributed by atoms with Crippen LogP contribution in [0, 0.1) is 13.8 Å². The fraction of sp³-hybridized carbons (Fsp3) is 0.182. The molecule has 0 radical (unpaired) electrons. The lowest BCUT2D eigenvalue weighted by molar-refractivity contribution is -0.120. The van der Waals surface area contributed by atoms with Crippen LogP contribution in [0.15, 0.2) is 63.4 Å². The van der Waals surface area contributed by atoms with Gasteiger partial charge >= 0.3 is 0 Å². The highest BCUT2D eigenvalue weighted by Gasteiger charge is 2.15. The molecule has 4 aromatic rings. The Balaban J connectivity index is 1.37. The molecule has 2 aromatic carbocycles. The van der Waals surface area contributed by atoms with Gasteiger partial charge in [0, 0.05) is 11.1 Å². The van der Waals surface area contributed by atoms with Gasteiger partial charge in [-0.3, -0.25) is 4.79 Å². The molecule has 1 amide bonds. The highest BCUT2D eigenvalue weighted by molar-refractivity contribution is 5.78. The number of hydrogen-bond donors (Lipinski definition) is 1. The van der Waals surface area contributed by atoms with Crippen LogP contribution in [-0.4, -0.2) is 21.1 Å². The fourth-order valence-corrected chi connectivity index (χ4v) is 2.82. The Morgan fingerprint density at radius 3 is 2.38 bits per heavy atom. The summed E-state index contributed by atoms with van der Waals surface area (Å²) >= 11 is 0. The van der Waals surface area contributed by atoms with Crippen molar-refractivity contribution in [3.63, 3.8) is 0 Å². The molecule has 0 aliphatic carbocycles. The Hall–Kier alpha value is -3.74. The molecule has 1 N–H and O–H groups in total. The maximum absolute atomic E-state index is 12.3. The van der Waals surface area contributed by atoms with Crippen molar-refractivity contribution in [2.24, 2.45) is 0 Å². The Bertz CT molecular complexity index is 1110. The first-order chi connectivity index (χ1) is 14.1. The van der Waals surface area contributed by atoms with E-state index in [-0.39, 0.29) is 18.9 Å². The van der Waals surface area contributed by atoms with Gasteiger partial charge in [-0.15, -0.1) is 10.2 Å². The average Bonchev–Trinajstić information content (AvgIpc) is 3.35. The van der Waals surface area contributed by atoms with Gasteiger partial charge in [0.15, 0.2) is 0 Å². The van der Waals surface area contributed by atoms with Crippen molar-refractivity contribution in [3.05, 3.63) is 77.5 Å². The summed E-state index contributed by atoms with van der Waals surface area (Å²) in [6.07, 6.45) is 0.112. The van der Waals surface area contributed by atoms with E-state index >= 15 is 0 Å². The van der Waals surface area contributed by atoms with Crippen LogP contribution in [-0.2, 0) is 17.8 Å². The number of benzene rings is 2. The number of nitrogens with one attached hydrogen (secondary N) is 1. The van der Waals surface area contributed by atoms with Gasteiger partial charge in [0.2, 0.25) is 23.6 Å². The van der Waals surface area contributed by atoms with E-state index in [1.54, 1.807) is 6.92 Å². The van der Waals surface area contributed by atoms with Gasteiger partial charge in [-0.05, 0) is 38.1 Å². The normalized spacial score (nSPS) is 10.8. The summed E-state index contributed by atoms with van der Waals surface area (Å²) in [5, 5.41) is 10.8. The maximum Gasteiger partial charge on any atom is 0.247 e. The maximum atomic E-state index is 12.3. The molecule has 2 heterocycles. The van der Waals surface area contributed by atoms with Crippen molar-refractivity contribution in [3.8, 4) is 22.9 Å². The average molecular weight is 388 g/mol. The molecule has 0 unspecified atom stereocenters. The van der Waals surface area contributed by atoms with Gasteiger partial charge in [0.1, 0.15) is 5.76 Å². The minimum Gasteiger partial charge on any atom is -0.441 e. The summed E-state index contributed by atoms with van der Waals surface area (Å²) in [4.78, 5) is 16.8. The lowest BCUT2D eigenvalue weighted by Gasteiger charge is -2.00. The number of amides is 1. The van der Waals surface area contributed by atoms with E-state index in [0.29, 0.717) is 29.1 Å². The van der Waals surface area contributed by atoms with Crippen LogP contribution in [0.2, 0.25) is 0 Å². The summed E-state index contributed by atoms with van der Waals surface area (Å²) < 4.78 is 11.3. The van der Waals surface area contributed by atoms with Gasteiger partial charge < -0.3 is 14.2 Å². The van der Waals surface area contributed by atoms with Gasteiger partial charge in [-0.1, -0.05) is 35.9 Å². The second-order valence-corrected chi connectivity index (χ2v) is 6.71. The molecule has 2 aromatic heterocycles. The van der Waals surface area contributed by atoms with Gasteiger partial charge in [-0.25, -0.2) is 4.98 Å². The van der Waals surface area contributed by atoms with E-state index in [1.165, 1.54) is 0 Å². The summed E-state index contributed by atoms with van der Waals surface area (Å²) in [6, 6.07) is 17.4. The number of aromatic nitrogens is 3. The molecule has 0 aliphatic rings. The number of nitrogens with zero attached hydrogens (tertiary/aromatic N) is 3. The lowest BCUT2D eigenvalue weighted by atomic mass is 10.1. The van der Waals surface area contributed by atoms with E-state index in [2.05, 4.69) is 20.5 Å². The predicted molar refractivity (Wildman–Crippen MR) is 107 cm³/mol. The largest absolute Gasteiger partial charge is 0.441 e.